The van der Waals surface area contributed by atoms with Gasteiger partial charge in [0.25, 0.3) is 0 Å². The molecule has 0 fully saturated rings. The molecule has 1 aromatic carbocycles. The highest BCUT2D eigenvalue weighted by Gasteiger charge is 2.13. The van der Waals surface area contributed by atoms with Gasteiger partial charge in [-0.2, -0.15) is 0 Å². The van der Waals surface area contributed by atoms with Gasteiger partial charge in [-0.05, 0) is 5.56 Å². The highest BCUT2D eigenvalue weighted by atomic mass is 32.2. The van der Waals surface area contributed by atoms with E-state index >= 15 is 0 Å². The predicted octanol–water partition coefficient (Wildman–Crippen LogP) is 4.42. The van der Waals surface area contributed by atoms with Crippen molar-refractivity contribution in [2.24, 2.45) is 5.73 Å². The molecule has 0 spiro atoms. The summed E-state index contributed by atoms with van der Waals surface area (Å²) < 4.78 is 0.284. The molecule has 1 atom stereocenters. The summed E-state index contributed by atoms with van der Waals surface area (Å²) in [7, 11) is 0. The molecule has 1 aromatic heterocycles. The molecule has 2 nitrogen and oxygen atoms in total. The van der Waals surface area contributed by atoms with Crippen molar-refractivity contribution >= 4 is 23.1 Å². The Morgan fingerprint density at radius 2 is 1.95 bits per heavy atom. The Labute approximate surface area is 129 Å². The number of hydrogen-bond donors (Lipinski definition) is 1. The van der Waals surface area contributed by atoms with Crippen LogP contribution in [0, 0.1) is 0 Å². The van der Waals surface area contributed by atoms with Crippen LogP contribution in [0.4, 0.5) is 0 Å². The summed E-state index contributed by atoms with van der Waals surface area (Å²) in [5.74, 6) is 0.981. The molecule has 4 heteroatoms. The van der Waals surface area contributed by atoms with Crippen LogP contribution in [0.2, 0.25) is 0 Å². The van der Waals surface area contributed by atoms with Gasteiger partial charge in [-0.1, -0.05) is 51.1 Å². The Balaban J connectivity index is 1.93. The molecule has 0 bridgehead atoms. The van der Waals surface area contributed by atoms with E-state index in [2.05, 4.69) is 38.3 Å². The highest BCUT2D eigenvalue weighted by molar-refractivity contribution is 7.99. The van der Waals surface area contributed by atoms with Gasteiger partial charge in [0.1, 0.15) is 5.01 Å². The zero-order chi connectivity index (χ0) is 14.6. The molecule has 2 rings (SSSR count). The van der Waals surface area contributed by atoms with Crippen LogP contribution in [-0.4, -0.2) is 9.73 Å². The van der Waals surface area contributed by atoms with Crippen LogP contribution in [-0.2, 0) is 12.2 Å². The SMILES string of the molecule is CC(C)(C)SCc1nc(CC(N)c2ccccc2)cs1. The Hall–Kier alpha value is -0.840. The molecule has 0 amide bonds. The third-order valence-corrected chi connectivity index (χ3v) is 5.25. The first-order chi connectivity index (χ1) is 9.44. The topological polar surface area (TPSA) is 38.9 Å². The highest BCUT2D eigenvalue weighted by Crippen LogP contribution is 2.28. The van der Waals surface area contributed by atoms with Crippen LogP contribution < -0.4 is 5.73 Å². The summed E-state index contributed by atoms with van der Waals surface area (Å²) in [6.45, 7) is 6.70. The quantitative estimate of drug-likeness (QED) is 0.889. The number of benzene rings is 1. The molecule has 0 radical (unpaired) electrons. The maximum absolute atomic E-state index is 6.24. The summed E-state index contributed by atoms with van der Waals surface area (Å²) in [6, 6.07) is 10.3. The van der Waals surface area contributed by atoms with E-state index in [0.717, 1.165) is 17.9 Å². The van der Waals surface area contributed by atoms with Crippen molar-refractivity contribution in [1.82, 2.24) is 4.98 Å². The smallest absolute Gasteiger partial charge is 0.103 e. The van der Waals surface area contributed by atoms with Crippen LogP contribution in [0.25, 0.3) is 0 Å². The number of aromatic nitrogens is 1. The van der Waals surface area contributed by atoms with Gasteiger partial charge in [0, 0.05) is 28.3 Å². The second-order valence-electron chi connectivity index (χ2n) is 5.85. The molecule has 0 aliphatic rings. The monoisotopic (exact) mass is 306 g/mol. The lowest BCUT2D eigenvalue weighted by Crippen LogP contribution is -2.13. The van der Waals surface area contributed by atoms with Crippen LogP contribution in [0.15, 0.2) is 35.7 Å². The zero-order valence-electron chi connectivity index (χ0n) is 12.3. The molecule has 20 heavy (non-hydrogen) atoms. The number of rotatable bonds is 5. The number of thiazole rings is 1. The number of hydrogen-bond acceptors (Lipinski definition) is 4. The van der Waals surface area contributed by atoms with Gasteiger partial charge in [-0.15, -0.1) is 23.1 Å². The van der Waals surface area contributed by atoms with Gasteiger partial charge in [-0.25, -0.2) is 4.98 Å². The minimum atomic E-state index is 0.0291. The lowest BCUT2D eigenvalue weighted by molar-refractivity contribution is 0.708. The van der Waals surface area contributed by atoms with E-state index in [9.17, 15) is 0 Å². The normalized spacial score (nSPS) is 13.4. The van der Waals surface area contributed by atoms with E-state index in [1.54, 1.807) is 11.3 Å². The first-order valence-corrected chi connectivity index (χ1v) is 8.68. The Kier molecular flexibility index (Phi) is 5.24. The molecule has 0 saturated heterocycles. The van der Waals surface area contributed by atoms with Crippen LogP contribution in [0.1, 0.15) is 43.1 Å². The molecule has 2 aromatic rings. The first-order valence-electron chi connectivity index (χ1n) is 6.82. The maximum atomic E-state index is 6.24. The minimum Gasteiger partial charge on any atom is -0.324 e. The first kappa shape index (κ1) is 15.5. The standard InChI is InChI=1S/C16H22N2S2/c1-16(2,3)20-11-15-18-13(10-19-15)9-14(17)12-7-5-4-6-8-12/h4-8,10,14H,9,11,17H2,1-3H3. The van der Waals surface area contributed by atoms with Crippen molar-refractivity contribution in [3.05, 3.63) is 52.0 Å². The molecular formula is C16H22N2S2. The summed E-state index contributed by atoms with van der Waals surface area (Å²) in [6.07, 6.45) is 0.806. The molecule has 0 aliphatic heterocycles. The fraction of sp³-hybridized carbons (Fsp3) is 0.438. The van der Waals surface area contributed by atoms with E-state index in [1.807, 2.05) is 30.0 Å². The summed E-state index contributed by atoms with van der Waals surface area (Å²) in [4.78, 5) is 4.70. The Bertz CT molecular complexity index is 529. The average Bonchev–Trinajstić information content (AvgIpc) is 2.84. The number of thioether (sulfide) groups is 1. The Morgan fingerprint density at radius 3 is 2.60 bits per heavy atom. The van der Waals surface area contributed by atoms with Crippen LogP contribution in [0.5, 0.6) is 0 Å². The van der Waals surface area contributed by atoms with Gasteiger partial charge >= 0.3 is 0 Å². The van der Waals surface area contributed by atoms with E-state index in [0.29, 0.717) is 0 Å². The second-order valence-corrected chi connectivity index (χ2v) is 8.60. The van der Waals surface area contributed by atoms with Crippen LogP contribution >= 0.6 is 23.1 Å². The van der Waals surface area contributed by atoms with Crippen molar-refractivity contribution in [3.63, 3.8) is 0 Å². The fourth-order valence-corrected chi connectivity index (χ4v) is 3.49. The van der Waals surface area contributed by atoms with E-state index in [-0.39, 0.29) is 10.8 Å². The minimum absolute atomic E-state index is 0.0291. The summed E-state index contributed by atoms with van der Waals surface area (Å²) in [5.41, 5.74) is 8.52. The van der Waals surface area contributed by atoms with Gasteiger partial charge < -0.3 is 5.73 Å². The van der Waals surface area contributed by atoms with E-state index in [4.69, 9.17) is 10.7 Å². The molecule has 2 N–H and O–H groups in total. The van der Waals surface area contributed by atoms with Crippen molar-refractivity contribution in [2.45, 2.75) is 43.7 Å². The molecule has 1 unspecified atom stereocenters. The van der Waals surface area contributed by atoms with Crippen molar-refractivity contribution in [3.8, 4) is 0 Å². The van der Waals surface area contributed by atoms with Gasteiger partial charge in [0.2, 0.25) is 0 Å². The van der Waals surface area contributed by atoms with E-state index in [1.165, 1.54) is 10.6 Å². The average molecular weight is 306 g/mol. The lowest BCUT2D eigenvalue weighted by Gasteiger charge is -2.16. The van der Waals surface area contributed by atoms with Crippen molar-refractivity contribution in [2.75, 3.05) is 0 Å². The Morgan fingerprint density at radius 1 is 1.25 bits per heavy atom. The van der Waals surface area contributed by atoms with Gasteiger partial charge in [0.05, 0.1) is 5.69 Å². The molecule has 108 valence electrons. The maximum Gasteiger partial charge on any atom is 0.103 e. The molecule has 0 saturated carbocycles. The molecule has 0 aliphatic carbocycles. The fourth-order valence-electron chi connectivity index (χ4n) is 1.83. The molecule has 1 heterocycles. The van der Waals surface area contributed by atoms with Crippen molar-refractivity contribution in [1.29, 1.82) is 0 Å². The van der Waals surface area contributed by atoms with Gasteiger partial charge in [-0.3, -0.25) is 0 Å². The summed E-state index contributed by atoms with van der Waals surface area (Å²) in [5, 5.41) is 3.33. The largest absolute Gasteiger partial charge is 0.324 e. The third-order valence-electron chi connectivity index (χ3n) is 2.88. The number of nitrogens with zero attached hydrogens (tertiary/aromatic N) is 1. The van der Waals surface area contributed by atoms with Crippen molar-refractivity contribution < 1.29 is 0 Å². The number of nitrogens with two attached hydrogens (primary N) is 1. The third kappa shape index (κ3) is 4.93. The van der Waals surface area contributed by atoms with Crippen LogP contribution in [0.3, 0.4) is 0 Å². The summed E-state index contributed by atoms with van der Waals surface area (Å²) >= 11 is 3.67. The van der Waals surface area contributed by atoms with E-state index < -0.39 is 0 Å². The predicted molar refractivity (Wildman–Crippen MR) is 90.2 cm³/mol. The molecular weight excluding hydrogens is 284 g/mol. The van der Waals surface area contributed by atoms with Gasteiger partial charge in [0.15, 0.2) is 0 Å². The second kappa shape index (κ2) is 6.74. The zero-order valence-corrected chi connectivity index (χ0v) is 13.9. The lowest BCUT2D eigenvalue weighted by atomic mass is 10.0.